The van der Waals surface area contributed by atoms with Gasteiger partial charge in [0.15, 0.2) is 19.0 Å². The number of aromatic nitrogens is 8. The van der Waals surface area contributed by atoms with Gasteiger partial charge in [-0.2, -0.15) is 4.98 Å². The van der Waals surface area contributed by atoms with Crippen LogP contribution < -0.4 is 61.5 Å². The maximum Gasteiger partial charge on any atom is 1.00 e. The van der Waals surface area contributed by atoms with E-state index in [9.17, 15) is 67.9 Å². The van der Waals surface area contributed by atoms with Crippen LogP contribution in [0.15, 0.2) is 126 Å². The number of tetrazole rings is 1. The molecule has 0 radical (unpaired) electrons. The van der Waals surface area contributed by atoms with Crippen molar-refractivity contribution in [3.05, 3.63) is 171 Å². The van der Waals surface area contributed by atoms with E-state index in [1.165, 1.54) is 13.0 Å². The van der Waals surface area contributed by atoms with E-state index >= 15 is 0 Å². The first kappa shape index (κ1) is 104. The number of esters is 2. The van der Waals surface area contributed by atoms with E-state index < -0.39 is 89.5 Å². The molecule has 4 aromatic heterocycles. The van der Waals surface area contributed by atoms with Crippen LogP contribution in [-0.2, 0) is 73.9 Å². The normalized spacial score (nSPS) is 15.9. The molecule has 3 aliphatic rings. The molecule has 41 nitrogen and oxygen atoms in total. The van der Waals surface area contributed by atoms with Gasteiger partial charge in [-0.1, -0.05) is 92.2 Å². The molecule has 4 unspecified atom stereocenters. The maximum atomic E-state index is 13.4. The van der Waals surface area contributed by atoms with Crippen LogP contribution in [-0.4, -0.2) is 193 Å². The summed E-state index contributed by atoms with van der Waals surface area (Å²) < 4.78 is 73.3. The van der Waals surface area contributed by atoms with Crippen molar-refractivity contribution in [2.75, 3.05) is 26.2 Å². The second kappa shape index (κ2) is 44.3. The number of fused-ring (bicyclic) bond motifs is 6. The molecule has 0 spiro atoms. The molecule has 120 heavy (non-hydrogen) atoms. The average Bonchev–Trinajstić information content (AvgIpc) is 1.35. The van der Waals surface area contributed by atoms with Gasteiger partial charge >= 0.3 is 70.4 Å². The summed E-state index contributed by atoms with van der Waals surface area (Å²) in [6.07, 6.45) is 0.323. The number of β-amino-alcohol motifs (C(OH)–C–C–N with tert-alkyl or cyclic N) is 1. The van der Waals surface area contributed by atoms with Crippen molar-refractivity contribution in [1.29, 1.82) is 0 Å². The first-order chi connectivity index (χ1) is 54.5. The van der Waals surface area contributed by atoms with E-state index in [1.807, 2.05) is 117 Å². The third kappa shape index (κ3) is 25.3. The number of imidazole rings is 1. The van der Waals surface area contributed by atoms with Crippen LogP contribution in [0.5, 0.6) is 11.8 Å². The van der Waals surface area contributed by atoms with Crippen molar-refractivity contribution in [2.45, 2.75) is 172 Å². The van der Waals surface area contributed by atoms with E-state index in [4.69, 9.17) is 79.5 Å². The van der Waals surface area contributed by atoms with E-state index in [1.54, 1.807) is 41.8 Å². The predicted octanol–water partition coefficient (Wildman–Crippen LogP) is 1.06. The zero-order valence-corrected chi connectivity index (χ0v) is 72.2. The average molecular weight is 1770 g/mol. The number of benzene rings is 5. The van der Waals surface area contributed by atoms with Crippen molar-refractivity contribution in [1.82, 2.24) is 45.0 Å². The van der Waals surface area contributed by atoms with Gasteiger partial charge in [0.05, 0.1) is 71.5 Å². The molecule has 9 aromatic rings. The Morgan fingerprint density at radius 2 is 1.38 bits per heavy atom. The first-order valence-electron chi connectivity index (χ1n) is 36.6. The van der Waals surface area contributed by atoms with Crippen LogP contribution in [0.25, 0.3) is 55.8 Å². The Balaban J connectivity index is 0.000000343. The summed E-state index contributed by atoms with van der Waals surface area (Å²) in [4.78, 5) is 131. The second-order valence-electron chi connectivity index (χ2n) is 28.3. The molecule has 46 heteroatoms. The smallest absolute Gasteiger partial charge is 0.776 e. The van der Waals surface area contributed by atoms with Gasteiger partial charge in [0.2, 0.25) is 11.4 Å². The van der Waals surface area contributed by atoms with E-state index in [0.29, 0.717) is 77.1 Å². The Morgan fingerprint density at radius 1 is 0.775 bits per heavy atom. The number of rotatable bonds is 25. The summed E-state index contributed by atoms with van der Waals surface area (Å²) in [5.74, 6) is -0.730. The summed E-state index contributed by atoms with van der Waals surface area (Å²) in [5.41, 5.74) is 18.1. The number of carbonyl (C=O) groups is 3. The van der Waals surface area contributed by atoms with E-state index in [-0.39, 0.29) is 120 Å². The van der Waals surface area contributed by atoms with Crippen LogP contribution in [0, 0.1) is 0 Å². The van der Waals surface area contributed by atoms with Crippen molar-refractivity contribution in [3.8, 4) is 45.7 Å². The van der Waals surface area contributed by atoms with E-state index in [0.717, 1.165) is 76.5 Å². The number of aliphatic hydroxyl groups excluding tert-OH is 2. The van der Waals surface area contributed by atoms with Gasteiger partial charge < -0.3 is 136 Å². The second-order valence-corrected chi connectivity index (χ2v) is 36.2. The van der Waals surface area contributed by atoms with Gasteiger partial charge in [-0.15, -0.1) is 5.10 Å². The van der Waals surface area contributed by atoms with Gasteiger partial charge in [-0.05, 0) is 167 Å². The minimum Gasteiger partial charge on any atom is -0.776 e. The number of ether oxygens (including phenoxy) is 5. The molecule has 5 aromatic carbocycles. The molecule has 654 valence electrons. The molecule has 0 bridgehead atoms. The van der Waals surface area contributed by atoms with Crippen LogP contribution in [0.1, 0.15) is 156 Å². The fourth-order valence-corrected chi connectivity index (χ4v) is 17.1. The molecule has 12 rings (SSSR count). The molecule has 25 N–H and O–H groups in total. The third-order valence-electron chi connectivity index (χ3n) is 18.9. The Morgan fingerprint density at radius 3 is 1.94 bits per heavy atom. The van der Waals surface area contributed by atoms with Gasteiger partial charge in [0.1, 0.15) is 18.5 Å². The number of para-hydroxylation sites is 2. The molecule has 6 heterocycles. The molecule has 2 aliphatic heterocycles. The summed E-state index contributed by atoms with van der Waals surface area (Å²) in [6, 6.07) is 37.8. The number of phenols is 1. The van der Waals surface area contributed by atoms with Crippen LogP contribution in [0.4, 0.5) is 4.79 Å². The quantitative estimate of drug-likeness (QED) is 0.0125. The molecular weight excluding hydrogens is 1670 g/mol. The number of nitrogens with one attached hydrogen (secondary N) is 2. The van der Waals surface area contributed by atoms with Crippen molar-refractivity contribution >= 4 is 70.4 Å². The van der Waals surface area contributed by atoms with Crippen LogP contribution in [0.2, 0.25) is 0 Å². The third-order valence-corrected chi connectivity index (χ3v) is 26.6. The molecule has 1 saturated carbocycles. The number of nitrogens with zero attached hydrogens (tertiary/aromatic N) is 7. The molecule has 1 aliphatic carbocycles. The van der Waals surface area contributed by atoms with Crippen molar-refractivity contribution in [3.63, 3.8) is 0 Å². The summed E-state index contributed by atoms with van der Waals surface area (Å²) >= 11 is 0. The maximum absolute atomic E-state index is 13.4. The fraction of sp³-hybridized carbons (Fsp3) is 0.419. The number of aromatic hydroxyl groups is 1. The Kier molecular flexibility index (Phi) is 38.5. The molecule has 1 fully saturated rings. The zero-order chi connectivity index (χ0) is 85.5. The minimum atomic E-state index is -5.55. The van der Waals surface area contributed by atoms with Gasteiger partial charge in [0, 0.05) is 53.1 Å². The molecule has 5 atom stereocenters. The number of carbonyl (C=O) groups excluding carboxylic acids is 3. The number of hydrogen-bond donors (Lipinski definition) is 17. The monoisotopic (exact) mass is 1770 g/mol. The summed E-state index contributed by atoms with van der Waals surface area (Å²) in [7, 11) is -21.5. The number of hydrogen-bond acceptors (Lipinski definition) is 28. The fourth-order valence-electron chi connectivity index (χ4n) is 12.6. The Bertz CT molecular complexity index is 5090. The van der Waals surface area contributed by atoms with Crippen molar-refractivity contribution < 1.29 is 172 Å². The van der Waals surface area contributed by atoms with Crippen molar-refractivity contribution in [2.24, 2.45) is 11.5 Å². The minimum absolute atomic E-state index is 0. The molecular formula is C74H102N11NaO30P4. The number of aliphatic hydroxyl groups is 5. The first-order valence-corrected chi connectivity index (χ1v) is 43.0. The number of pyridine rings is 2. The number of cyclic esters (lactones) is 1. The predicted molar refractivity (Wildman–Crippen MR) is 429 cm³/mol. The largest absolute Gasteiger partial charge is 1.00 e. The van der Waals surface area contributed by atoms with E-state index in [2.05, 4.69) is 30.9 Å². The Hall–Kier alpha value is -8.03. The SMILES string of the molecule is CC(C)(C)NCC(O)c1ccc(O)c(CO)c1.CCOc1nc2cccc(C(=O)OC(C)OC(=O)OC3CCCCC3)c2n1Cc1ccc(-c2ccccc2-c2nnn[nH]2)cc1.CC[C@@]1(O)C(=O)OCc2c1cc1n(c2=O)Cc2cc3ccccc3nc2-1.NCCCC(O)(P(=O)(O)O)P(=O)(O)O.NCCCC(O)(P(=O)([O-])O)P(=O)(O)O.O.O.O.[Na+]. The van der Waals surface area contributed by atoms with Crippen LogP contribution in [0.3, 0.4) is 0 Å². The van der Waals surface area contributed by atoms with Gasteiger partial charge in [-0.25, -0.2) is 24.5 Å². The summed E-state index contributed by atoms with van der Waals surface area (Å²) in [6.45, 7) is 12.3. The van der Waals surface area contributed by atoms with Gasteiger partial charge in [-0.3, -0.25) is 23.1 Å². The zero-order valence-electron chi connectivity index (χ0n) is 66.6. The Labute approximate surface area is 709 Å². The topological polar surface area (TPSA) is 717 Å². The van der Waals surface area contributed by atoms with Crippen LogP contribution >= 0.6 is 30.4 Å². The standard InChI is InChI=1S/C33H34N6O6.C20H16N2O4.C13H21NO3.2C4H13NO7P2.Na.3H2O/c1-3-42-32-34-28-15-9-14-27(31(40)43-21(2)44-33(41)45-24-10-5-4-6-11-24)29(28)39(32)20-22-16-18-23(19-17-22)25-12-7-8-13-26(25)30-35-37-38-36-30;1-2-20(25)14-8-16-17-12(7-11-5-3-4-6-15(11)21-17)9-22(16)18(23)13(14)10-26-19(20)24;1-13(2,3)14-7-12(17)9-4-5-11(16)10(6-9)8-15;2*5-3-1-2-4(6,13(7,8)9)14(10,11)12;;;;/h7-9,12-19,21,24H,3-6,10-11,20H2,1-2H3,(H,35,36,37,38);3-8,25H,2,9-10H2,1H3;4-6,12,14-17H,7-8H2,1-3H3;2*6H,1-3,5H2,(H2,7,8,9)(H2,10,11,12);;3*1H2/q;;;;;+1;;;/p-1/t;20-;;;;;;;/m.0......./s1. The number of nitrogens with two attached hydrogens (primary N) is 2. The summed E-state index contributed by atoms with van der Waals surface area (Å²) in [5, 5.41) is 69.4. The molecule has 0 amide bonds. The number of aromatic amines is 1. The number of H-pyrrole nitrogens is 1. The van der Waals surface area contributed by atoms with Gasteiger partial charge in [0.25, 0.3) is 16.7 Å². The molecule has 0 saturated heterocycles.